The number of allylic oxidation sites excluding steroid dienone is 1. The molecule has 8 atom stereocenters. The van der Waals surface area contributed by atoms with Gasteiger partial charge in [0.15, 0.2) is 0 Å². The lowest BCUT2D eigenvalue weighted by atomic mass is 9.47. The van der Waals surface area contributed by atoms with Crippen molar-refractivity contribution in [1.82, 2.24) is 10.2 Å². The average molecular weight is 555 g/mol. The highest BCUT2D eigenvalue weighted by Gasteiger charge is 2.59. The number of esters is 1. The number of fused-ring (bicyclic) bond motifs is 5. The molecule has 0 aromatic heterocycles. The molecule has 0 radical (unpaired) electrons. The Bertz CT molecular complexity index is 878. The van der Waals surface area contributed by atoms with E-state index in [4.69, 9.17) is 4.74 Å². The SMILES string of the molecule is CC(C)CCC[C@@H](C)[C@H]1CCC2C3CC=C4CC(OC(=O)CCCCN5CCNCC5)CC[C@]4(C)C3CC[C@@]21C. The zero-order valence-electron chi connectivity index (χ0n) is 26.8. The molecule has 0 aromatic rings. The minimum atomic E-state index is 0.0381. The van der Waals surface area contributed by atoms with Crippen LogP contribution in [-0.2, 0) is 9.53 Å². The molecule has 1 heterocycles. The lowest BCUT2D eigenvalue weighted by Crippen LogP contribution is -2.51. The van der Waals surface area contributed by atoms with Gasteiger partial charge in [-0.15, -0.1) is 0 Å². The van der Waals surface area contributed by atoms with Gasteiger partial charge in [-0.1, -0.05) is 65.5 Å². The number of piperazine rings is 1. The summed E-state index contributed by atoms with van der Waals surface area (Å²) in [7, 11) is 0. The van der Waals surface area contributed by atoms with Gasteiger partial charge in [-0.2, -0.15) is 0 Å². The highest BCUT2D eigenvalue weighted by Crippen LogP contribution is 2.67. The van der Waals surface area contributed by atoms with Crippen molar-refractivity contribution >= 4 is 5.97 Å². The number of rotatable bonds is 11. The Hall–Kier alpha value is -0.870. The molecule has 1 aliphatic heterocycles. The smallest absolute Gasteiger partial charge is 0.306 e. The van der Waals surface area contributed by atoms with Crippen LogP contribution < -0.4 is 5.32 Å². The molecule has 1 saturated heterocycles. The van der Waals surface area contributed by atoms with Gasteiger partial charge < -0.3 is 15.0 Å². The van der Waals surface area contributed by atoms with Gasteiger partial charge in [0, 0.05) is 39.0 Å². The van der Waals surface area contributed by atoms with Crippen molar-refractivity contribution in [3.63, 3.8) is 0 Å². The zero-order chi connectivity index (χ0) is 28.3. The van der Waals surface area contributed by atoms with E-state index in [0.717, 1.165) is 93.9 Å². The van der Waals surface area contributed by atoms with Gasteiger partial charge in [0.05, 0.1) is 0 Å². The molecule has 4 aliphatic carbocycles. The number of carbonyl (C=O) groups excluding carboxylic acids is 1. The molecule has 3 saturated carbocycles. The monoisotopic (exact) mass is 554 g/mol. The minimum Gasteiger partial charge on any atom is -0.462 e. The van der Waals surface area contributed by atoms with Crippen molar-refractivity contribution in [2.75, 3.05) is 32.7 Å². The molecule has 4 heteroatoms. The van der Waals surface area contributed by atoms with Crippen molar-refractivity contribution in [3.05, 3.63) is 11.6 Å². The molecular weight excluding hydrogens is 492 g/mol. The maximum absolute atomic E-state index is 12.7. The first kappa shape index (κ1) is 30.6. The number of hydrogen-bond donors (Lipinski definition) is 1. The Morgan fingerprint density at radius 2 is 1.80 bits per heavy atom. The van der Waals surface area contributed by atoms with E-state index < -0.39 is 0 Å². The molecule has 5 rings (SSSR count). The first-order valence-corrected chi connectivity index (χ1v) is 17.5. The molecule has 4 unspecified atom stereocenters. The van der Waals surface area contributed by atoms with Gasteiger partial charge in [0.25, 0.3) is 0 Å². The second-order valence-electron chi connectivity index (χ2n) is 15.7. The van der Waals surface area contributed by atoms with E-state index in [9.17, 15) is 4.79 Å². The molecule has 1 N–H and O–H groups in total. The minimum absolute atomic E-state index is 0.0381. The van der Waals surface area contributed by atoms with E-state index in [0.29, 0.717) is 17.3 Å². The number of nitrogens with zero attached hydrogens (tertiary/aromatic N) is 1. The third-order valence-corrected chi connectivity index (χ3v) is 12.9. The number of hydrogen-bond acceptors (Lipinski definition) is 4. The van der Waals surface area contributed by atoms with Crippen LogP contribution in [0.1, 0.15) is 125 Å². The Kier molecular flexibility index (Phi) is 10.1. The number of ether oxygens (including phenoxy) is 1. The third kappa shape index (κ3) is 6.53. The Balaban J connectivity index is 1.12. The predicted molar refractivity (Wildman–Crippen MR) is 166 cm³/mol. The summed E-state index contributed by atoms with van der Waals surface area (Å²) in [4.78, 5) is 15.2. The summed E-state index contributed by atoms with van der Waals surface area (Å²) >= 11 is 0. The lowest BCUT2D eigenvalue weighted by Gasteiger charge is -2.58. The van der Waals surface area contributed by atoms with E-state index in [1.165, 1.54) is 57.8 Å². The molecule has 4 fully saturated rings. The summed E-state index contributed by atoms with van der Waals surface area (Å²) in [5.41, 5.74) is 2.52. The summed E-state index contributed by atoms with van der Waals surface area (Å²) in [6.07, 6.45) is 19.9. The van der Waals surface area contributed by atoms with Crippen LogP contribution in [0.2, 0.25) is 0 Å². The fraction of sp³-hybridized carbons (Fsp3) is 0.917. The third-order valence-electron chi connectivity index (χ3n) is 12.9. The van der Waals surface area contributed by atoms with Gasteiger partial charge >= 0.3 is 5.97 Å². The van der Waals surface area contributed by atoms with Crippen molar-refractivity contribution in [1.29, 1.82) is 0 Å². The second-order valence-corrected chi connectivity index (χ2v) is 15.7. The quantitative estimate of drug-likeness (QED) is 0.160. The van der Waals surface area contributed by atoms with Crippen LogP contribution in [-0.4, -0.2) is 49.7 Å². The van der Waals surface area contributed by atoms with Crippen molar-refractivity contribution in [3.8, 4) is 0 Å². The van der Waals surface area contributed by atoms with E-state index in [-0.39, 0.29) is 12.1 Å². The van der Waals surface area contributed by atoms with Crippen LogP contribution in [0.3, 0.4) is 0 Å². The van der Waals surface area contributed by atoms with Crippen molar-refractivity contribution in [2.45, 2.75) is 131 Å². The number of carbonyl (C=O) groups is 1. The topological polar surface area (TPSA) is 41.6 Å². The summed E-state index contributed by atoms with van der Waals surface area (Å²) in [6, 6.07) is 0. The molecular formula is C36H62N2O2. The van der Waals surface area contributed by atoms with Gasteiger partial charge in [-0.25, -0.2) is 0 Å². The van der Waals surface area contributed by atoms with Gasteiger partial charge in [0.1, 0.15) is 6.10 Å². The summed E-state index contributed by atoms with van der Waals surface area (Å²) in [5.74, 6) is 5.30. The standard InChI is InChI=1S/C36H62N2O2/c1-26(2)9-8-10-27(3)31-14-15-32-30-13-12-28-25-29(16-18-35(28,4)33(30)17-19-36(31,32)5)40-34(39)11-6-7-22-38-23-20-37-21-24-38/h12,26-27,29-33,37H,6-11,13-25H2,1-5H3/t27-,29?,30?,31-,32?,33?,35+,36-/m1/s1. The van der Waals surface area contributed by atoms with Gasteiger partial charge in [0.2, 0.25) is 0 Å². The number of nitrogens with one attached hydrogen (secondary N) is 1. The van der Waals surface area contributed by atoms with Crippen LogP contribution in [0.25, 0.3) is 0 Å². The largest absolute Gasteiger partial charge is 0.462 e. The normalized spacial score (nSPS) is 38.8. The van der Waals surface area contributed by atoms with E-state index in [2.05, 4.69) is 50.9 Å². The average Bonchev–Trinajstić information content (AvgIpc) is 3.29. The highest BCUT2D eigenvalue weighted by molar-refractivity contribution is 5.69. The molecule has 228 valence electrons. The molecule has 40 heavy (non-hydrogen) atoms. The maximum Gasteiger partial charge on any atom is 0.306 e. The van der Waals surface area contributed by atoms with Crippen LogP contribution in [0.15, 0.2) is 11.6 Å². The predicted octanol–water partition coefficient (Wildman–Crippen LogP) is 8.02. The second kappa shape index (κ2) is 13.2. The summed E-state index contributed by atoms with van der Waals surface area (Å²) < 4.78 is 6.08. The zero-order valence-corrected chi connectivity index (χ0v) is 26.8. The summed E-state index contributed by atoms with van der Waals surface area (Å²) in [5, 5.41) is 3.41. The van der Waals surface area contributed by atoms with Crippen LogP contribution in [0.5, 0.6) is 0 Å². The Morgan fingerprint density at radius 3 is 2.58 bits per heavy atom. The maximum atomic E-state index is 12.7. The fourth-order valence-corrected chi connectivity index (χ4v) is 10.5. The molecule has 0 spiro atoms. The summed E-state index contributed by atoms with van der Waals surface area (Å²) in [6.45, 7) is 18.2. The van der Waals surface area contributed by atoms with Gasteiger partial charge in [-0.3, -0.25) is 4.79 Å². The molecule has 4 nitrogen and oxygen atoms in total. The molecule has 5 aliphatic rings. The van der Waals surface area contributed by atoms with E-state index in [1.807, 2.05) is 0 Å². The molecule has 0 aromatic carbocycles. The van der Waals surface area contributed by atoms with Crippen LogP contribution >= 0.6 is 0 Å². The molecule has 0 bridgehead atoms. The first-order chi connectivity index (χ1) is 19.2. The fourth-order valence-electron chi connectivity index (χ4n) is 10.5. The lowest BCUT2D eigenvalue weighted by molar-refractivity contribution is -0.151. The first-order valence-electron chi connectivity index (χ1n) is 17.5. The highest BCUT2D eigenvalue weighted by atomic mass is 16.5. The van der Waals surface area contributed by atoms with Gasteiger partial charge in [-0.05, 0) is 111 Å². The van der Waals surface area contributed by atoms with Crippen molar-refractivity contribution < 1.29 is 9.53 Å². The molecule has 0 amide bonds. The van der Waals surface area contributed by atoms with Crippen LogP contribution in [0, 0.1) is 46.3 Å². The van der Waals surface area contributed by atoms with E-state index >= 15 is 0 Å². The van der Waals surface area contributed by atoms with E-state index in [1.54, 1.807) is 5.57 Å². The van der Waals surface area contributed by atoms with Crippen molar-refractivity contribution in [2.24, 2.45) is 46.3 Å². The Morgan fingerprint density at radius 1 is 1.00 bits per heavy atom. The van der Waals surface area contributed by atoms with Crippen LogP contribution in [0.4, 0.5) is 0 Å². The number of unbranched alkanes of at least 4 members (excludes halogenated alkanes) is 1. The Labute approximate surface area is 246 Å².